The van der Waals surface area contributed by atoms with E-state index in [1.807, 2.05) is 13.0 Å². The highest BCUT2D eigenvalue weighted by molar-refractivity contribution is 9.11. The quantitative estimate of drug-likeness (QED) is 0.753. The van der Waals surface area contributed by atoms with Crippen LogP contribution in [0.5, 0.6) is 5.75 Å². The van der Waals surface area contributed by atoms with Crippen molar-refractivity contribution in [3.63, 3.8) is 0 Å². The third kappa shape index (κ3) is 2.60. The Bertz CT molecular complexity index is 588. The average Bonchev–Trinajstić information content (AvgIpc) is 2.68. The standard InChI is InChI=1S/C13H10BrClO2S/c1-7-5-11(18-13(7)14)12(16)9-4-3-8(15)6-10(9)17-2/h3-6H,1-2H3. The molecule has 2 nitrogen and oxygen atoms in total. The second-order valence-electron chi connectivity index (χ2n) is 3.74. The van der Waals surface area contributed by atoms with Gasteiger partial charge in [-0.1, -0.05) is 11.6 Å². The molecule has 0 saturated heterocycles. The van der Waals surface area contributed by atoms with Crippen molar-refractivity contribution in [2.45, 2.75) is 6.92 Å². The highest BCUT2D eigenvalue weighted by Gasteiger charge is 2.17. The summed E-state index contributed by atoms with van der Waals surface area (Å²) in [7, 11) is 1.53. The third-order valence-electron chi connectivity index (χ3n) is 2.49. The average molecular weight is 346 g/mol. The maximum absolute atomic E-state index is 12.4. The van der Waals surface area contributed by atoms with Gasteiger partial charge in [-0.25, -0.2) is 0 Å². The molecule has 0 aliphatic carbocycles. The molecule has 18 heavy (non-hydrogen) atoms. The highest BCUT2D eigenvalue weighted by Crippen LogP contribution is 2.32. The van der Waals surface area contributed by atoms with E-state index in [-0.39, 0.29) is 5.78 Å². The van der Waals surface area contributed by atoms with E-state index in [1.54, 1.807) is 18.2 Å². The summed E-state index contributed by atoms with van der Waals surface area (Å²) in [6.07, 6.45) is 0. The van der Waals surface area contributed by atoms with Crippen LogP contribution >= 0.6 is 38.9 Å². The minimum atomic E-state index is -0.0534. The van der Waals surface area contributed by atoms with E-state index in [2.05, 4.69) is 15.9 Å². The minimum Gasteiger partial charge on any atom is -0.496 e. The molecular weight excluding hydrogens is 336 g/mol. The van der Waals surface area contributed by atoms with Crippen molar-refractivity contribution in [1.29, 1.82) is 0 Å². The molecule has 2 rings (SSSR count). The van der Waals surface area contributed by atoms with Crippen LogP contribution in [0, 0.1) is 6.92 Å². The van der Waals surface area contributed by atoms with Gasteiger partial charge in [0.05, 0.1) is 21.3 Å². The smallest absolute Gasteiger partial charge is 0.206 e. The number of ketones is 1. The summed E-state index contributed by atoms with van der Waals surface area (Å²) >= 11 is 10.7. The van der Waals surface area contributed by atoms with Gasteiger partial charge in [0.1, 0.15) is 5.75 Å². The van der Waals surface area contributed by atoms with Crippen LogP contribution in [-0.4, -0.2) is 12.9 Å². The van der Waals surface area contributed by atoms with E-state index < -0.39 is 0 Å². The largest absolute Gasteiger partial charge is 0.496 e. The van der Waals surface area contributed by atoms with Crippen LogP contribution in [0.2, 0.25) is 5.02 Å². The molecule has 0 spiro atoms. The molecule has 0 bridgehead atoms. The molecule has 0 amide bonds. The third-order valence-corrected chi connectivity index (χ3v) is 4.86. The van der Waals surface area contributed by atoms with Crippen molar-refractivity contribution in [3.05, 3.63) is 49.1 Å². The molecule has 94 valence electrons. The fourth-order valence-corrected chi connectivity index (χ4v) is 3.21. The zero-order valence-corrected chi connectivity index (χ0v) is 12.9. The van der Waals surface area contributed by atoms with Gasteiger partial charge in [-0.2, -0.15) is 0 Å². The number of methoxy groups -OCH3 is 1. The van der Waals surface area contributed by atoms with Gasteiger partial charge in [0.15, 0.2) is 0 Å². The summed E-state index contributed by atoms with van der Waals surface area (Å²) in [5.74, 6) is 0.442. The Labute approximate surface area is 123 Å². The second kappa shape index (κ2) is 5.43. The normalized spacial score (nSPS) is 10.4. The summed E-state index contributed by atoms with van der Waals surface area (Å²) in [6, 6.07) is 6.88. The molecule has 0 unspecified atom stereocenters. The maximum atomic E-state index is 12.4. The van der Waals surface area contributed by atoms with Gasteiger partial charge in [-0.15, -0.1) is 11.3 Å². The van der Waals surface area contributed by atoms with Crippen LogP contribution in [0.3, 0.4) is 0 Å². The van der Waals surface area contributed by atoms with Crippen LogP contribution in [0.1, 0.15) is 20.8 Å². The molecule has 0 saturated carbocycles. The molecule has 0 N–H and O–H groups in total. The van der Waals surface area contributed by atoms with E-state index in [0.717, 1.165) is 9.35 Å². The topological polar surface area (TPSA) is 26.3 Å². The summed E-state index contributed by atoms with van der Waals surface area (Å²) in [5.41, 5.74) is 1.58. The lowest BCUT2D eigenvalue weighted by Gasteiger charge is -2.06. The van der Waals surface area contributed by atoms with Crippen LogP contribution in [0.25, 0.3) is 0 Å². The number of hydrogen-bond acceptors (Lipinski definition) is 3. The lowest BCUT2D eigenvalue weighted by molar-refractivity contribution is 0.103. The fraction of sp³-hybridized carbons (Fsp3) is 0.154. The molecule has 0 radical (unpaired) electrons. The molecule has 1 aromatic heterocycles. The number of carbonyl (C=O) groups is 1. The Morgan fingerprint density at radius 3 is 2.67 bits per heavy atom. The monoisotopic (exact) mass is 344 g/mol. The molecule has 1 aromatic carbocycles. The van der Waals surface area contributed by atoms with Gasteiger partial charge in [0.25, 0.3) is 0 Å². The minimum absolute atomic E-state index is 0.0534. The van der Waals surface area contributed by atoms with Crippen LogP contribution in [-0.2, 0) is 0 Å². The number of rotatable bonds is 3. The first-order valence-electron chi connectivity index (χ1n) is 5.17. The first kappa shape index (κ1) is 13.6. The van der Waals surface area contributed by atoms with E-state index >= 15 is 0 Å². The zero-order chi connectivity index (χ0) is 13.3. The van der Waals surface area contributed by atoms with Crippen molar-refractivity contribution >= 4 is 44.7 Å². The molecule has 2 aromatic rings. The lowest BCUT2D eigenvalue weighted by Crippen LogP contribution is -2.01. The van der Waals surface area contributed by atoms with Crippen molar-refractivity contribution in [2.24, 2.45) is 0 Å². The lowest BCUT2D eigenvalue weighted by atomic mass is 10.1. The first-order chi connectivity index (χ1) is 8.52. The summed E-state index contributed by atoms with van der Waals surface area (Å²) in [4.78, 5) is 13.0. The van der Waals surface area contributed by atoms with Gasteiger partial charge in [-0.05, 0) is 52.7 Å². The van der Waals surface area contributed by atoms with Crippen LogP contribution in [0.15, 0.2) is 28.1 Å². The maximum Gasteiger partial charge on any atom is 0.206 e. The Morgan fingerprint density at radius 1 is 1.39 bits per heavy atom. The molecule has 0 aliphatic heterocycles. The number of ether oxygens (including phenoxy) is 1. The van der Waals surface area contributed by atoms with Crippen molar-refractivity contribution < 1.29 is 9.53 Å². The first-order valence-corrected chi connectivity index (χ1v) is 7.16. The molecule has 0 atom stereocenters. The molecule has 1 heterocycles. The van der Waals surface area contributed by atoms with E-state index in [4.69, 9.17) is 16.3 Å². The van der Waals surface area contributed by atoms with E-state index in [9.17, 15) is 4.79 Å². The summed E-state index contributed by atoms with van der Waals surface area (Å²) < 4.78 is 6.16. The number of hydrogen-bond donors (Lipinski definition) is 0. The van der Waals surface area contributed by atoms with Gasteiger partial charge in [0.2, 0.25) is 5.78 Å². The van der Waals surface area contributed by atoms with Gasteiger partial charge >= 0.3 is 0 Å². The van der Waals surface area contributed by atoms with Crippen molar-refractivity contribution in [2.75, 3.05) is 7.11 Å². The molecule has 5 heteroatoms. The molecule has 0 aliphatic rings. The zero-order valence-electron chi connectivity index (χ0n) is 9.79. The number of carbonyl (C=O) groups excluding carboxylic acids is 1. The predicted molar refractivity (Wildman–Crippen MR) is 78.2 cm³/mol. The number of benzene rings is 1. The number of aryl methyl sites for hydroxylation is 1. The predicted octanol–water partition coefficient (Wildman–Crippen LogP) is 4.71. The Morgan fingerprint density at radius 2 is 2.11 bits per heavy atom. The second-order valence-corrected chi connectivity index (χ2v) is 6.55. The fourth-order valence-electron chi connectivity index (χ4n) is 1.56. The van der Waals surface area contributed by atoms with Crippen LogP contribution in [0.4, 0.5) is 0 Å². The Kier molecular flexibility index (Phi) is 4.10. The number of thiophene rings is 1. The molecular formula is C13H10BrClO2S. The molecule has 0 fully saturated rings. The van der Waals surface area contributed by atoms with E-state index in [1.165, 1.54) is 18.4 Å². The highest BCUT2D eigenvalue weighted by atomic mass is 79.9. The van der Waals surface area contributed by atoms with Crippen molar-refractivity contribution in [3.8, 4) is 5.75 Å². The number of halogens is 2. The van der Waals surface area contributed by atoms with Crippen LogP contribution < -0.4 is 4.74 Å². The SMILES string of the molecule is COc1cc(Cl)ccc1C(=O)c1cc(C)c(Br)s1. The Hall–Kier alpha value is -0.840. The van der Waals surface area contributed by atoms with Gasteiger partial charge in [-0.3, -0.25) is 4.79 Å². The van der Waals surface area contributed by atoms with Gasteiger partial charge in [0, 0.05) is 5.02 Å². The van der Waals surface area contributed by atoms with Crippen molar-refractivity contribution in [1.82, 2.24) is 0 Å². The summed E-state index contributed by atoms with van der Waals surface area (Å²) in [5, 5.41) is 0.548. The Balaban J connectivity index is 2.45. The van der Waals surface area contributed by atoms with E-state index in [0.29, 0.717) is 21.2 Å². The van der Waals surface area contributed by atoms with Gasteiger partial charge < -0.3 is 4.74 Å². The summed E-state index contributed by atoms with van der Waals surface area (Å²) in [6.45, 7) is 1.95.